The number of nitrogens with zero attached hydrogens (tertiary/aromatic N) is 2. The van der Waals surface area contributed by atoms with Gasteiger partial charge in [0.1, 0.15) is 5.82 Å². The Kier molecular flexibility index (Phi) is 5.89. The molecular formula is C14H21FN4O2. The van der Waals surface area contributed by atoms with Crippen LogP contribution in [0.1, 0.15) is 6.42 Å². The van der Waals surface area contributed by atoms with Gasteiger partial charge in [-0.2, -0.15) is 0 Å². The number of pyridine rings is 1. The first kappa shape index (κ1) is 15.7. The molecule has 7 heteroatoms. The van der Waals surface area contributed by atoms with Gasteiger partial charge in [-0.3, -0.25) is 4.98 Å². The van der Waals surface area contributed by atoms with Crippen LogP contribution in [0, 0.1) is 11.7 Å². The van der Waals surface area contributed by atoms with Crippen molar-refractivity contribution in [1.29, 1.82) is 0 Å². The minimum Gasteiger partial charge on any atom is -0.383 e. The maximum Gasteiger partial charge on any atom is 0.319 e. The summed E-state index contributed by atoms with van der Waals surface area (Å²) in [6.07, 6.45) is 3.56. The molecule has 1 aliphatic rings. The van der Waals surface area contributed by atoms with E-state index in [4.69, 9.17) is 4.74 Å². The fourth-order valence-electron chi connectivity index (χ4n) is 2.40. The van der Waals surface area contributed by atoms with Crippen molar-refractivity contribution in [3.05, 3.63) is 24.3 Å². The number of hydrogen-bond donors (Lipinski definition) is 2. The van der Waals surface area contributed by atoms with E-state index in [1.165, 1.54) is 12.3 Å². The Labute approximate surface area is 123 Å². The third kappa shape index (κ3) is 5.28. The van der Waals surface area contributed by atoms with E-state index in [1.807, 2.05) is 0 Å². The van der Waals surface area contributed by atoms with Gasteiger partial charge in [0, 0.05) is 32.8 Å². The number of anilines is 1. The van der Waals surface area contributed by atoms with Gasteiger partial charge in [-0.25, -0.2) is 9.18 Å². The summed E-state index contributed by atoms with van der Waals surface area (Å²) in [5, 5.41) is 5.38. The predicted octanol–water partition coefficient (Wildman–Crippen LogP) is 1.31. The summed E-state index contributed by atoms with van der Waals surface area (Å²) < 4.78 is 18.0. The number of amides is 2. The van der Waals surface area contributed by atoms with E-state index in [0.29, 0.717) is 18.2 Å². The number of nitrogens with one attached hydrogen (secondary N) is 2. The number of halogens is 1. The second-order valence-corrected chi connectivity index (χ2v) is 5.17. The first-order valence-electron chi connectivity index (χ1n) is 7.04. The highest BCUT2D eigenvalue weighted by Gasteiger charge is 2.22. The fourth-order valence-corrected chi connectivity index (χ4v) is 2.40. The molecule has 2 N–H and O–H groups in total. The molecule has 0 bridgehead atoms. The van der Waals surface area contributed by atoms with Crippen LogP contribution in [0.5, 0.6) is 0 Å². The van der Waals surface area contributed by atoms with Gasteiger partial charge in [0.2, 0.25) is 0 Å². The van der Waals surface area contributed by atoms with Crippen LogP contribution in [0.4, 0.5) is 14.9 Å². The molecule has 0 spiro atoms. The number of carbonyl (C=O) groups excluding carboxylic acids is 1. The van der Waals surface area contributed by atoms with Crippen molar-refractivity contribution in [2.75, 3.05) is 45.2 Å². The van der Waals surface area contributed by atoms with Gasteiger partial charge < -0.3 is 20.3 Å². The van der Waals surface area contributed by atoms with Gasteiger partial charge in [0.05, 0.1) is 24.7 Å². The second kappa shape index (κ2) is 7.90. The van der Waals surface area contributed by atoms with Crippen molar-refractivity contribution in [1.82, 2.24) is 15.2 Å². The Balaban J connectivity index is 1.68. The number of aromatic nitrogens is 1. The smallest absolute Gasteiger partial charge is 0.319 e. The van der Waals surface area contributed by atoms with Crippen LogP contribution in [0.2, 0.25) is 0 Å². The van der Waals surface area contributed by atoms with Crippen molar-refractivity contribution in [3.8, 4) is 0 Å². The molecule has 21 heavy (non-hydrogen) atoms. The minimum atomic E-state index is -0.475. The summed E-state index contributed by atoms with van der Waals surface area (Å²) in [5.41, 5.74) is 0.348. The molecule has 1 aliphatic heterocycles. The zero-order chi connectivity index (χ0) is 15.1. The predicted molar refractivity (Wildman–Crippen MR) is 77.6 cm³/mol. The Bertz CT molecular complexity index is 472. The SMILES string of the molecule is COCCN1CC[C@@H](CNC(=O)Nc2cncc(F)c2)C1. The zero-order valence-corrected chi connectivity index (χ0v) is 12.1. The Morgan fingerprint density at radius 2 is 2.43 bits per heavy atom. The molecular weight excluding hydrogens is 275 g/mol. The molecule has 6 nitrogen and oxygen atoms in total. The molecule has 2 amide bonds. The van der Waals surface area contributed by atoms with E-state index >= 15 is 0 Å². The van der Waals surface area contributed by atoms with E-state index in [1.54, 1.807) is 7.11 Å². The van der Waals surface area contributed by atoms with Crippen LogP contribution in [0.15, 0.2) is 18.5 Å². The lowest BCUT2D eigenvalue weighted by Crippen LogP contribution is -2.34. The van der Waals surface area contributed by atoms with Crippen LogP contribution in [0.25, 0.3) is 0 Å². The van der Waals surface area contributed by atoms with Gasteiger partial charge in [-0.15, -0.1) is 0 Å². The molecule has 0 saturated carbocycles. The summed E-state index contributed by atoms with van der Waals surface area (Å²) in [6, 6.07) is 0.895. The molecule has 1 aromatic rings. The summed E-state index contributed by atoms with van der Waals surface area (Å²) >= 11 is 0. The molecule has 1 fully saturated rings. The fraction of sp³-hybridized carbons (Fsp3) is 0.571. The summed E-state index contributed by atoms with van der Waals surface area (Å²) in [5.74, 6) is -0.0318. The number of urea groups is 1. The van der Waals surface area contributed by atoms with Crippen molar-refractivity contribution < 1.29 is 13.9 Å². The van der Waals surface area contributed by atoms with Crippen LogP contribution in [0.3, 0.4) is 0 Å². The lowest BCUT2D eigenvalue weighted by Gasteiger charge is -2.15. The Morgan fingerprint density at radius 1 is 1.57 bits per heavy atom. The molecule has 1 atom stereocenters. The number of rotatable bonds is 6. The highest BCUT2D eigenvalue weighted by Crippen LogP contribution is 2.14. The molecule has 1 aromatic heterocycles. The topological polar surface area (TPSA) is 66.5 Å². The van der Waals surface area contributed by atoms with Crippen molar-refractivity contribution in [2.24, 2.45) is 5.92 Å². The lowest BCUT2D eigenvalue weighted by molar-refractivity contribution is 0.159. The van der Waals surface area contributed by atoms with E-state index in [0.717, 1.165) is 38.9 Å². The normalized spacial score (nSPS) is 18.7. The van der Waals surface area contributed by atoms with Crippen molar-refractivity contribution >= 4 is 11.7 Å². The van der Waals surface area contributed by atoms with E-state index < -0.39 is 5.82 Å². The van der Waals surface area contributed by atoms with Crippen LogP contribution < -0.4 is 10.6 Å². The van der Waals surface area contributed by atoms with Crippen LogP contribution in [-0.2, 0) is 4.74 Å². The molecule has 2 heterocycles. The zero-order valence-electron chi connectivity index (χ0n) is 12.1. The number of likely N-dealkylation sites (tertiary alicyclic amines) is 1. The minimum absolute atomic E-state index is 0.335. The van der Waals surface area contributed by atoms with Crippen molar-refractivity contribution in [3.63, 3.8) is 0 Å². The summed E-state index contributed by atoms with van der Waals surface area (Å²) in [4.78, 5) is 17.7. The lowest BCUT2D eigenvalue weighted by atomic mass is 10.1. The van der Waals surface area contributed by atoms with E-state index in [-0.39, 0.29) is 6.03 Å². The Morgan fingerprint density at radius 3 is 3.19 bits per heavy atom. The van der Waals surface area contributed by atoms with Gasteiger partial charge in [-0.1, -0.05) is 0 Å². The first-order chi connectivity index (χ1) is 10.2. The van der Waals surface area contributed by atoms with Crippen LogP contribution >= 0.6 is 0 Å². The monoisotopic (exact) mass is 296 g/mol. The average Bonchev–Trinajstić information content (AvgIpc) is 2.91. The third-order valence-electron chi connectivity index (χ3n) is 3.50. The average molecular weight is 296 g/mol. The molecule has 1 saturated heterocycles. The molecule has 2 rings (SSSR count). The maximum absolute atomic E-state index is 12.9. The molecule has 0 aliphatic carbocycles. The summed E-state index contributed by atoms with van der Waals surface area (Å²) in [7, 11) is 1.70. The summed E-state index contributed by atoms with van der Waals surface area (Å²) in [6.45, 7) is 4.26. The highest BCUT2D eigenvalue weighted by atomic mass is 19.1. The first-order valence-corrected chi connectivity index (χ1v) is 7.04. The van der Waals surface area contributed by atoms with Crippen molar-refractivity contribution in [2.45, 2.75) is 6.42 Å². The largest absolute Gasteiger partial charge is 0.383 e. The molecule has 0 unspecified atom stereocenters. The molecule has 116 valence electrons. The number of carbonyl (C=O) groups is 1. The van der Waals surface area contributed by atoms with Gasteiger partial charge in [0.15, 0.2) is 0 Å². The second-order valence-electron chi connectivity index (χ2n) is 5.17. The van der Waals surface area contributed by atoms with Gasteiger partial charge >= 0.3 is 6.03 Å². The molecule has 0 radical (unpaired) electrons. The molecule has 0 aromatic carbocycles. The number of ether oxygens (including phenoxy) is 1. The maximum atomic E-state index is 12.9. The number of hydrogen-bond acceptors (Lipinski definition) is 4. The van der Waals surface area contributed by atoms with Gasteiger partial charge in [-0.05, 0) is 18.9 Å². The van der Waals surface area contributed by atoms with E-state index in [2.05, 4.69) is 20.5 Å². The number of methoxy groups -OCH3 is 1. The van der Waals surface area contributed by atoms with Gasteiger partial charge in [0.25, 0.3) is 0 Å². The third-order valence-corrected chi connectivity index (χ3v) is 3.50. The standard InChI is InChI=1S/C14H21FN4O2/c1-21-5-4-19-3-2-11(10-19)7-17-14(20)18-13-6-12(15)8-16-9-13/h6,8-9,11H,2-5,7,10H2,1H3,(H2,17,18,20)/t11-/m0/s1. The Hall–Kier alpha value is -1.73. The van der Waals surface area contributed by atoms with E-state index in [9.17, 15) is 9.18 Å². The quantitative estimate of drug-likeness (QED) is 0.830. The highest BCUT2D eigenvalue weighted by molar-refractivity contribution is 5.88. The van der Waals surface area contributed by atoms with Crippen LogP contribution in [-0.4, -0.2) is 55.8 Å².